The number of pyridine rings is 1. The summed E-state index contributed by atoms with van der Waals surface area (Å²) in [6.07, 6.45) is 4.18. The van der Waals surface area contributed by atoms with Gasteiger partial charge in [0.15, 0.2) is 0 Å². The first-order valence-electron chi connectivity index (χ1n) is 5.07. The minimum Gasteiger partial charge on any atom is -0.312 e. The molecule has 0 radical (unpaired) electrons. The lowest BCUT2D eigenvalue weighted by Crippen LogP contribution is -2.18. The second kappa shape index (κ2) is 3.20. The fourth-order valence-electron chi connectivity index (χ4n) is 1.90. The van der Waals surface area contributed by atoms with Gasteiger partial charge in [0.2, 0.25) is 0 Å². The van der Waals surface area contributed by atoms with Gasteiger partial charge >= 0.3 is 0 Å². The largest absolute Gasteiger partial charge is 0.312 e. The lowest BCUT2D eigenvalue weighted by molar-refractivity contribution is 0.714. The maximum Gasteiger partial charge on any atom is 0.259 e. The molecule has 0 aliphatic heterocycles. The van der Waals surface area contributed by atoms with Crippen LogP contribution in [0.5, 0.6) is 0 Å². The monoisotopic (exact) mass is 263 g/mol. The first-order valence-corrected chi connectivity index (χ1v) is 5.86. The number of aromatic nitrogens is 1. The Morgan fingerprint density at radius 3 is 2.80 bits per heavy atom. The molecule has 3 heteroatoms. The Morgan fingerprint density at radius 1 is 1.27 bits per heavy atom. The smallest absolute Gasteiger partial charge is 0.259 e. The van der Waals surface area contributed by atoms with Gasteiger partial charge in [0.25, 0.3) is 5.56 Å². The predicted molar refractivity (Wildman–Crippen MR) is 64.2 cm³/mol. The molecule has 3 rings (SSSR count). The highest BCUT2D eigenvalue weighted by Crippen LogP contribution is 2.34. The molecule has 15 heavy (non-hydrogen) atoms. The van der Waals surface area contributed by atoms with E-state index in [0.29, 0.717) is 6.04 Å². The number of fused-ring (bicyclic) bond motifs is 1. The molecule has 0 bridgehead atoms. The van der Waals surface area contributed by atoms with Crippen molar-refractivity contribution in [1.82, 2.24) is 4.57 Å². The lowest BCUT2D eigenvalue weighted by Gasteiger charge is -2.06. The number of hydrogen-bond acceptors (Lipinski definition) is 1. The van der Waals surface area contributed by atoms with Crippen molar-refractivity contribution >= 4 is 26.7 Å². The predicted octanol–water partition coefficient (Wildman–Crippen LogP) is 3.10. The average Bonchev–Trinajstić information content (AvgIpc) is 3.02. The third-order valence-electron chi connectivity index (χ3n) is 2.85. The number of rotatable bonds is 1. The second-order valence-corrected chi connectivity index (χ2v) is 4.82. The number of benzene rings is 1. The first-order chi connectivity index (χ1) is 7.27. The van der Waals surface area contributed by atoms with Gasteiger partial charge in [0, 0.05) is 16.7 Å². The molecule has 0 unspecified atom stereocenters. The van der Waals surface area contributed by atoms with E-state index in [2.05, 4.69) is 15.9 Å². The maximum absolute atomic E-state index is 12.2. The third-order valence-corrected chi connectivity index (χ3v) is 3.51. The molecule has 1 heterocycles. The molecule has 1 aliphatic carbocycles. The molecule has 1 aliphatic rings. The van der Waals surface area contributed by atoms with Crippen molar-refractivity contribution in [3.05, 3.63) is 45.3 Å². The zero-order valence-electron chi connectivity index (χ0n) is 8.11. The topological polar surface area (TPSA) is 22.0 Å². The molecule has 0 amide bonds. The van der Waals surface area contributed by atoms with Crippen LogP contribution in [0.2, 0.25) is 0 Å². The Bertz CT molecular complexity index is 584. The van der Waals surface area contributed by atoms with E-state index in [1.165, 1.54) is 0 Å². The van der Waals surface area contributed by atoms with E-state index in [-0.39, 0.29) is 5.56 Å². The van der Waals surface area contributed by atoms with Crippen LogP contribution in [0.4, 0.5) is 0 Å². The molecule has 0 saturated heterocycles. The molecule has 1 fully saturated rings. The van der Waals surface area contributed by atoms with Crippen LogP contribution in [0.3, 0.4) is 0 Å². The highest BCUT2D eigenvalue weighted by Gasteiger charge is 2.24. The van der Waals surface area contributed by atoms with Gasteiger partial charge in [0.05, 0.1) is 5.39 Å². The minimum absolute atomic E-state index is 0.127. The van der Waals surface area contributed by atoms with Crippen LogP contribution in [0.15, 0.2) is 39.7 Å². The van der Waals surface area contributed by atoms with Crippen molar-refractivity contribution in [3.8, 4) is 0 Å². The van der Waals surface area contributed by atoms with E-state index in [1.54, 1.807) is 0 Å². The Balaban J connectivity index is 2.40. The average molecular weight is 264 g/mol. The summed E-state index contributed by atoms with van der Waals surface area (Å²) in [4.78, 5) is 12.2. The van der Waals surface area contributed by atoms with Crippen LogP contribution in [-0.2, 0) is 0 Å². The Morgan fingerprint density at radius 2 is 2.07 bits per heavy atom. The molecule has 1 saturated carbocycles. The molecule has 76 valence electrons. The number of nitrogens with zero attached hydrogens (tertiary/aromatic N) is 1. The van der Waals surface area contributed by atoms with Crippen LogP contribution in [0.25, 0.3) is 10.8 Å². The maximum atomic E-state index is 12.2. The molecule has 0 spiro atoms. The van der Waals surface area contributed by atoms with Gasteiger partial charge in [-0.1, -0.05) is 12.1 Å². The fraction of sp³-hybridized carbons (Fsp3) is 0.250. The fourth-order valence-corrected chi connectivity index (χ4v) is 2.45. The molecular weight excluding hydrogens is 254 g/mol. The van der Waals surface area contributed by atoms with Gasteiger partial charge in [-0.15, -0.1) is 0 Å². The molecule has 0 N–H and O–H groups in total. The van der Waals surface area contributed by atoms with Gasteiger partial charge in [-0.3, -0.25) is 4.79 Å². The van der Waals surface area contributed by atoms with Gasteiger partial charge < -0.3 is 4.57 Å². The van der Waals surface area contributed by atoms with Gasteiger partial charge in [0.1, 0.15) is 0 Å². The minimum atomic E-state index is 0.127. The van der Waals surface area contributed by atoms with Crippen molar-refractivity contribution in [2.45, 2.75) is 18.9 Å². The second-order valence-electron chi connectivity index (χ2n) is 3.96. The summed E-state index contributed by atoms with van der Waals surface area (Å²) in [5, 5.41) is 1.80. The number of halogens is 1. The molecule has 1 aromatic heterocycles. The third kappa shape index (κ3) is 1.42. The molecule has 2 nitrogen and oxygen atoms in total. The van der Waals surface area contributed by atoms with E-state index in [9.17, 15) is 4.79 Å². The van der Waals surface area contributed by atoms with Crippen LogP contribution >= 0.6 is 15.9 Å². The van der Waals surface area contributed by atoms with Gasteiger partial charge in [-0.05, 0) is 46.3 Å². The van der Waals surface area contributed by atoms with E-state index >= 15 is 0 Å². The van der Waals surface area contributed by atoms with E-state index in [4.69, 9.17) is 0 Å². The molecular formula is C12H10BrNO. The summed E-state index contributed by atoms with van der Waals surface area (Å²) in [7, 11) is 0. The van der Waals surface area contributed by atoms with Crippen molar-refractivity contribution in [1.29, 1.82) is 0 Å². The molecule has 1 aromatic carbocycles. The van der Waals surface area contributed by atoms with Crippen LogP contribution in [0, 0.1) is 0 Å². The highest BCUT2D eigenvalue weighted by atomic mass is 79.9. The van der Waals surface area contributed by atoms with E-state index in [1.807, 2.05) is 35.0 Å². The SMILES string of the molecule is O=c1c2c(Br)cccc2ccn1C1CC1. The zero-order chi connectivity index (χ0) is 10.4. The van der Waals surface area contributed by atoms with Crippen molar-refractivity contribution in [2.75, 3.05) is 0 Å². The Hall–Kier alpha value is -1.09. The quantitative estimate of drug-likeness (QED) is 0.775. The lowest BCUT2D eigenvalue weighted by atomic mass is 10.2. The molecule has 2 aromatic rings. The van der Waals surface area contributed by atoms with Gasteiger partial charge in [-0.25, -0.2) is 0 Å². The summed E-state index contributed by atoms with van der Waals surface area (Å²) >= 11 is 3.44. The van der Waals surface area contributed by atoms with Crippen LogP contribution in [-0.4, -0.2) is 4.57 Å². The van der Waals surface area contributed by atoms with Crippen molar-refractivity contribution in [3.63, 3.8) is 0 Å². The normalized spacial score (nSPS) is 15.8. The summed E-state index contributed by atoms with van der Waals surface area (Å²) < 4.78 is 2.74. The Kier molecular flexibility index (Phi) is 1.96. The van der Waals surface area contributed by atoms with Crippen molar-refractivity contribution in [2.24, 2.45) is 0 Å². The van der Waals surface area contributed by atoms with Gasteiger partial charge in [-0.2, -0.15) is 0 Å². The molecule has 0 atom stereocenters. The van der Waals surface area contributed by atoms with E-state index < -0.39 is 0 Å². The summed E-state index contributed by atoms with van der Waals surface area (Å²) in [6, 6.07) is 8.29. The van der Waals surface area contributed by atoms with Crippen molar-refractivity contribution < 1.29 is 0 Å². The Labute approximate surface area is 95.7 Å². The zero-order valence-corrected chi connectivity index (χ0v) is 9.70. The highest BCUT2D eigenvalue weighted by molar-refractivity contribution is 9.10. The summed E-state index contributed by atoms with van der Waals surface area (Å²) in [5.74, 6) is 0. The van der Waals surface area contributed by atoms with Crippen LogP contribution < -0.4 is 5.56 Å². The standard InChI is InChI=1S/C12H10BrNO/c13-10-3-1-2-8-6-7-14(9-4-5-9)12(15)11(8)10/h1-3,6-7,9H,4-5H2. The summed E-state index contributed by atoms with van der Waals surface area (Å²) in [6.45, 7) is 0. The number of hydrogen-bond donors (Lipinski definition) is 0. The van der Waals surface area contributed by atoms with E-state index in [0.717, 1.165) is 28.1 Å². The van der Waals surface area contributed by atoms with Crippen LogP contribution in [0.1, 0.15) is 18.9 Å². The summed E-state index contributed by atoms with van der Waals surface area (Å²) in [5.41, 5.74) is 0.127. The first kappa shape index (κ1) is 9.16.